The molecule has 2 aromatic carbocycles. The summed E-state index contributed by atoms with van der Waals surface area (Å²) >= 11 is 1.33. The fraction of sp³-hybridized carbons (Fsp3) is 0.261. The smallest absolute Gasteiger partial charge is 0.282 e. The Morgan fingerprint density at radius 1 is 1.10 bits per heavy atom. The number of benzene rings is 2. The van der Waals surface area contributed by atoms with Gasteiger partial charge in [-0.25, -0.2) is 4.39 Å². The Bertz CT molecular complexity index is 1160. The zero-order valence-corrected chi connectivity index (χ0v) is 17.9. The molecule has 1 aliphatic heterocycles. The number of morpholine rings is 1. The van der Waals surface area contributed by atoms with Crippen molar-refractivity contribution in [1.29, 1.82) is 0 Å². The number of hydrogen-bond donors (Lipinski definition) is 0. The second-order valence-corrected chi connectivity index (χ2v) is 8.08. The normalized spacial score (nSPS) is 14.6. The topological polar surface area (TPSA) is 63.9 Å². The number of aryl methyl sites for hydroxylation is 1. The van der Waals surface area contributed by atoms with Gasteiger partial charge in [-0.2, -0.15) is 4.99 Å². The minimum Gasteiger partial charge on any atom is -0.378 e. The Morgan fingerprint density at radius 2 is 1.81 bits per heavy atom. The van der Waals surface area contributed by atoms with Gasteiger partial charge in [0.15, 0.2) is 4.80 Å². The summed E-state index contributed by atoms with van der Waals surface area (Å²) in [5.41, 5.74) is 2.50. The van der Waals surface area contributed by atoms with Crippen LogP contribution in [0.3, 0.4) is 0 Å². The van der Waals surface area contributed by atoms with Crippen LogP contribution >= 0.6 is 11.3 Å². The average Bonchev–Trinajstić information content (AvgIpc) is 3.13. The van der Waals surface area contributed by atoms with E-state index in [4.69, 9.17) is 4.74 Å². The third-order valence-electron chi connectivity index (χ3n) is 5.13. The van der Waals surface area contributed by atoms with Gasteiger partial charge in [0.1, 0.15) is 5.82 Å². The highest BCUT2D eigenvalue weighted by molar-refractivity contribution is 7.07. The predicted molar refractivity (Wildman–Crippen MR) is 116 cm³/mol. The molecule has 2 amide bonds. The van der Waals surface area contributed by atoms with Crippen molar-refractivity contribution in [3.05, 3.63) is 86.9 Å². The summed E-state index contributed by atoms with van der Waals surface area (Å²) in [5.74, 6) is -1.20. The standard InChI is InChI=1S/C23H22FN3O3S/c1-16-15-31-23(25-21(28)19-4-2-3-5-20(19)24)27(16)14-17-6-8-18(9-7-17)22(29)26-10-12-30-13-11-26/h2-9,15H,10-14H2,1H3. The molecule has 0 N–H and O–H groups in total. The van der Waals surface area contributed by atoms with E-state index in [1.165, 1.54) is 29.5 Å². The summed E-state index contributed by atoms with van der Waals surface area (Å²) in [6.45, 7) is 4.76. The molecule has 4 rings (SSSR count). The molecule has 0 unspecified atom stereocenters. The van der Waals surface area contributed by atoms with E-state index in [0.717, 1.165) is 11.3 Å². The summed E-state index contributed by atoms with van der Waals surface area (Å²) < 4.78 is 21.1. The molecule has 0 radical (unpaired) electrons. The number of carbonyl (C=O) groups excluding carboxylic acids is 2. The zero-order chi connectivity index (χ0) is 21.8. The van der Waals surface area contributed by atoms with Crippen molar-refractivity contribution < 1.29 is 18.7 Å². The molecular formula is C23H22FN3O3S. The maximum absolute atomic E-state index is 13.9. The van der Waals surface area contributed by atoms with E-state index in [1.54, 1.807) is 11.0 Å². The molecule has 1 fully saturated rings. The van der Waals surface area contributed by atoms with Gasteiger partial charge in [0, 0.05) is 29.7 Å². The summed E-state index contributed by atoms with van der Waals surface area (Å²) in [4.78, 5) is 31.5. The van der Waals surface area contributed by atoms with Gasteiger partial charge in [-0.05, 0) is 36.8 Å². The Labute approximate surface area is 183 Å². The van der Waals surface area contributed by atoms with Crippen LogP contribution in [0.4, 0.5) is 4.39 Å². The van der Waals surface area contributed by atoms with Crippen LogP contribution < -0.4 is 4.80 Å². The van der Waals surface area contributed by atoms with Gasteiger partial charge < -0.3 is 14.2 Å². The van der Waals surface area contributed by atoms with Gasteiger partial charge in [-0.15, -0.1) is 11.3 Å². The van der Waals surface area contributed by atoms with E-state index in [1.807, 2.05) is 41.1 Å². The first-order valence-corrected chi connectivity index (χ1v) is 10.9. The van der Waals surface area contributed by atoms with Gasteiger partial charge in [0.2, 0.25) is 0 Å². The van der Waals surface area contributed by atoms with Crippen molar-refractivity contribution in [2.24, 2.45) is 4.99 Å². The molecular weight excluding hydrogens is 417 g/mol. The molecule has 31 heavy (non-hydrogen) atoms. The fourth-order valence-electron chi connectivity index (χ4n) is 3.36. The summed E-state index contributed by atoms with van der Waals surface area (Å²) in [6, 6.07) is 13.3. The van der Waals surface area contributed by atoms with E-state index in [2.05, 4.69) is 4.99 Å². The van der Waals surface area contributed by atoms with Crippen LogP contribution in [0.15, 0.2) is 58.9 Å². The van der Waals surface area contributed by atoms with Crippen molar-refractivity contribution in [2.75, 3.05) is 26.3 Å². The lowest BCUT2D eigenvalue weighted by atomic mass is 10.1. The lowest BCUT2D eigenvalue weighted by Crippen LogP contribution is -2.40. The summed E-state index contributed by atoms with van der Waals surface area (Å²) in [6.07, 6.45) is 0. The highest BCUT2D eigenvalue weighted by Crippen LogP contribution is 2.12. The number of halogens is 1. The van der Waals surface area contributed by atoms with Crippen LogP contribution in [0.25, 0.3) is 0 Å². The Morgan fingerprint density at radius 3 is 2.52 bits per heavy atom. The van der Waals surface area contributed by atoms with Gasteiger partial charge in [-0.1, -0.05) is 24.3 Å². The zero-order valence-electron chi connectivity index (χ0n) is 17.1. The van der Waals surface area contributed by atoms with Crippen LogP contribution in [0, 0.1) is 12.7 Å². The summed E-state index contributed by atoms with van der Waals surface area (Å²) in [7, 11) is 0. The quantitative estimate of drug-likeness (QED) is 0.627. The molecule has 1 saturated heterocycles. The lowest BCUT2D eigenvalue weighted by molar-refractivity contribution is 0.0303. The van der Waals surface area contributed by atoms with E-state index in [-0.39, 0.29) is 11.5 Å². The van der Waals surface area contributed by atoms with Crippen LogP contribution in [0.2, 0.25) is 0 Å². The molecule has 0 atom stereocenters. The van der Waals surface area contributed by atoms with E-state index in [9.17, 15) is 14.0 Å². The van der Waals surface area contributed by atoms with Crippen molar-refractivity contribution in [1.82, 2.24) is 9.47 Å². The van der Waals surface area contributed by atoms with Crippen LogP contribution in [0.5, 0.6) is 0 Å². The Kier molecular flexibility index (Phi) is 6.39. The van der Waals surface area contributed by atoms with Crippen molar-refractivity contribution in [3.63, 3.8) is 0 Å². The highest BCUT2D eigenvalue weighted by atomic mass is 32.1. The largest absolute Gasteiger partial charge is 0.378 e. The number of ether oxygens (including phenoxy) is 1. The fourth-order valence-corrected chi connectivity index (χ4v) is 4.24. The minimum atomic E-state index is -0.611. The first-order chi connectivity index (χ1) is 15.0. The second kappa shape index (κ2) is 9.36. The number of thiazole rings is 1. The maximum atomic E-state index is 13.9. The van der Waals surface area contributed by atoms with E-state index < -0.39 is 11.7 Å². The molecule has 1 aliphatic rings. The first-order valence-electron chi connectivity index (χ1n) is 9.97. The van der Waals surface area contributed by atoms with Crippen molar-refractivity contribution in [2.45, 2.75) is 13.5 Å². The maximum Gasteiger partial charge on any atom is 0.282 e. The predicted octanol–water partition coefficient (Wildman–Crippen LogP) is 3.26. The molecule has 3 aromatic rings. The van der Waals surface area contributed by atoms with E-state index in [0.29, 0.717) is 43.2 Å². The first kappa shape index (κ1) is 21.1. The molecule has 2 heterocycles. The minimum absolute atomic E-state index is 0.000361. The number of carbonyl (C=O) groups is 2. The average molecular weight is 440 g/mol. The van der Waals surface area contributed by atoms with Gasteiger partial charge in [-0.3, -0.25) is 9.59 Å². The number of hydrogen-bond acceptors (Lipinski definition) is 4. The van der Waals surface area contributed by atoms with Crippen molar-refractivity contribution >= 4 is 23.2 Å². The molecule has 6 nitrogen and oxygen atoms in total. The molecule has 0 spiro atoms. The van der Waals surface area contributed by atoms with Gasteiger partial charge in [0.05, 0.1) is 25.3 Å². The van der Waals surface area contributed by atoms with Crippen molar-refractivity contribution in [3.8, 4) is 0 Å². The summed E-state index contributed by atoms with van der Waals surface area (Å²) in [5, 5.41) is 1.91. The molecule has 8 heteroatoms. The van der Waals surface area contributed by atoms with Gasteiger partial charge in [0.25, 0.3) is 11.8 Å². The highest BCUT2D eigenvalue weighted by Gasteiger charge is 2.18. The number of amides is 2. The lowest BCUT2D eigenvalue weighted by Gasteiger charge is -2.26. The molecule has 0 saturated carbocycles. The molecule has 0 aliphatic carbocycles. The Balaban J connectivity index is 1.54. The van der Waals surface area contributed by atoms with E-state index >= 15 is 0 Å². The van der Waals surface area contributed by atoms with Gasteiger partial charge >= 0.3 is 0 Å². The second-order valence-electron chi connectivity index (χ2n) is 7.24. The molecule has 1 aromatic heterocycles. The number of rotatable bonds is 4. The monoisotopic (exact) mass is 439 g/mol. The van der Waals surface area contributed by atoms with Crippen LogP contribution in [0.1, 0.15) is 32.0 Å². The number of aromatic nitrogens is 1. The Hall–Kier alpha value is -3.10. The van der Waals surface area contributed by atoms with Crippen LogP contribution in [-0.2, 0) is 11.3 Å². The molecule has 0 bridgehead atoms. The SMILES string of the molecule is Cc1csc(=NC(=O)c2ccccc2F)n1Cc1ccc(C(=O)N2CCOCC2)cc1. The third-order valence-corrected chi connectivity index (χ3v) is 6.11. The van der Waals surface area contributed by atoms with Crippen LogP contribution in [-0.4, -0.2) is 47.6 Å². The number of nitrogens with zero attached hydrogens (tertiary/aromatic N) is 3. The molecule has 160 valence electrons. The third kappa shape index (κ3) is 4.81.